The van der Waals surface area contributed by atoms with Crippen LogP contribution in [0.15, 0.2) is 24.3 Å². The van der Waals surface area contributed by atoms with Crippen LogP contribution in [0, 0.1) is 18.8 Å². The summed E-state index contributed by atoms with van der Waals surface area (Å²) in [6, 6.07) is 7.84. The summed E-state index contributed by atoms with van der Waals surface area (Å²) < 4.78 is 0. The standard InChI is InChI=1S/C20H30N2O2/c1-4-6-10-16(5-2)13-21-20(24)17-12-19(23)22(14-17)18-11-8-7-9-15(18)3/h7-9,11,16-17H,4-6,10,12-14H2,1-3H3,(H,21,24)/t16-,17-/m1/s1. The van der Waals surface area contributed by atoms with Gasteiger partial charge in [-0.15, -0.1) is 0 Å². The van der Waals surface area contributed by atoms with Crippen molar-refractivity contribution in [3.8, 4) is 0 Å². The van der Waals surface area contributed by atoms with Crippen molar-refractivity contribution >= 4 is 17.5 Å². The number of unbranched alkanes of at least 4 members (excludes halogenated alkanes) is 1. The van der Waals surface area contributed by atoms with Crippen molar-refractivity contribution in [1.29, 1.82) is 0 Å². The Labute approximate surface area is 145 Å². The summed E-state index contributed by atoms with van der Waals surface area (Å²) in [6.07, 6.45) is 4.95. The van der Waals surface area contributed by atoms with Crippen LogP contribution in [0.1, 0.15) is 51.5 Å². The lowest BCUT2D eigenvalue weighted by Crippen LogP contribution is -2.36. The molecule has 1 heterocycles. The molecule has 4 heteroatoms. The molecule has 1 aliphatic heterocycles. The number of anilines is 1. The van der Waals surface area contributed by atoms with Gasteiger partial charge in [0.05, 0.1) is 5.92 Å². The highest BCUT2D eigenvalue weighted by Gasteiger charge is 2.35. The van der Waals surface area contributed by atoms with Crippen molar-refractivity contribution in [3.63, 3.8) is 0 Å². The van der Waals surface area contributed by atoms with Crippen molar-refractivity contribution in [1.82, 2.24) is 5.32 Å². The van der Waals surface area contributed by atoms with Gasteiger partial charge in [0.25, 0.3) is 0 Å². The lowest BCUT2D eigenvalue weighted by atomic mass is 9.99. The molecule has 1 saturated heterocycles. The van der Waals surface area contributed by atoms with Crippen LogP contribution in [0.2, 0.25) is 0 Å². The zero-order valence-corrected chi connectivity index (χ0v) is 15.2. The fraction of sp³-hybridized carbons (Fsp3) is 0.600. The van der Waals surface area contributed by atoms with Crippen LogP contribution in [0.25, 0.3) is 0 Å². The number of aryl methyl sites for hydroxylation is 1. The molecular weight excluding hydrogens is 300 g/mol. The molecule has 0 aliphatic carbocycles. The smallest absolute Gasteiger partial charge is 0.227 e. The number of para-hydroxylation sites is 1. The molecule has 0 radical (unpaired) electrons. The Bertz CT molecular complexity index is 571. The quantitative estimate of drug-likeness (QED) is 0.790. The zero-order chi connectivity index (χ0) is 17.5. The predicted octanol–water partition coefficient (Wildman–Crippen LogP) is 3.68. The molecule has 0 saturated carbocycles. The predicted molar refractivity (Wildman–Crippen MR) is 98.0 cm³/mol. The number of hydrogen-bond acceptors (Lipinski definition) is 2. The average Bonchev–Trinajstić information content (AvgIpc) is 2.97. The van der Waals surface area contributed by atoms with Gasteiger partial charge in [-0.25, -0.2) is 0 Å². The Kier molecular flexibility index (Phi) is 6.83. The first-order chi connectivity index (χ1) is 11.6. The molecule has 0 bridgehead atoms. The summed E-state index contributed by atoms with van der Waals surface area (Å²) in [5.74, 6) is 0.371. The largest absolute Gasteiger partial charge is 0.356 e. The van der Waals surface area contributed by atoms with E-state index < -0.39 is 0 Å². The van der Waals surface area contributed by atoms with E-state index in [0.717, 1.165) is 30.6 Å². The summed E-state index contributed by atoms with van der Waals surface area (Å²) >= 11 is 0. The van der Waals surface area contributed by atoms with E-state index in [1.165, 1.54) is 12.8 Å². The van der Waals surface area contributed by atoms with Crippen molar-refractivity contribution in [2.24, 2.45) is 11.8 Å². The van der Waals surface area contributed by atoms with Gasteiger partial charge in [-0.2, -0.15) is 0 Å². The Morgan fingerprint density at radius 1 is 1.33 bits per heavy atom. The molecule has 0 unspecified atom stereocenters. The summed E-state index contributed by atoms with van der Waals surface area (Å²) in [6.45, 7) is 7.57. The number of amides is 2. The Morgan fingerprint density at radius 3 is 2.75 bits per heavy atom. The number of nitrogens with zero attached hydrogens (tertiary/aromatic N) is 1. The Morgan fingerprint density at radius 2 is 2.08 bits per heavy atom. The molecule has 24 heavy (non-hydrogen) atoms. The molecular formula is C20H30N2O2. The lowest BCUT2D eigenvalue weighted by molar-refractivity contribution is -0.126. The third-order valence-electron chi connectivity index (χ3n) is 5.01. The fourth-order valence-corrected chi connectivity index (χ4v) is 3.31. The van der Waals surface area contributed by atoms with E-state index in [2.05, 4.69) is 19.2 Å². The number of benzene rings is 1. The number of carbonyl (C=O) groups excluding carboxylic acids is 2. The van der Waals surface area contributed by atoms with E-state index in [0.29, 0.717) is 18.9 Å². The summed E-state index contributed by atoms with van der Waals surface area (Å²) in [4.78, 5) is 26.5. The number of nitrogens with one attached hydrogen (secondary N) is 1. The molecule has 0 aromatic heterocycles. The van der Waals surface area contributed by atoms with Crippen LogP contribution in [-0.2, 0) is 9.59 Å². The average molecular weight is 330 g/mol. The minimum Gasteiger partial charge on any atom is -0.356 e. The van der Waals surface area contributed by atoms with E-state index in [-0.39, 0.29) is 17.7 Å². The molecule has 1 fully saturated rings. The molecule has 4 nitrogen and oxygen atoms in total. The first-order valence-electron chi connectivity index (χ1n) is 9.20. The minimum atomic E-state index is -0.235. The molecule has 1 N–H and O–H groups in total. The fourth-order valence-electron chi connectivity index (χ4n) is 3.31. The maximum absolute atomic E-state index is 12.5. The third kappa shape index (κ3) is 4.59. The molecule has 132 valence electrons. The van der Waals surface area contributed by atoms with Crippen LogP contribution in [0.4, 0.5) is 5.69 Å². The zero-order valence-electron chi connectivity index (χ0n) is 15.2. The molecule has 2 amide bonds. The van der Waals surface area contributed by atoms with Gasteiger partial charge in [0.15, 0.2) is 0 Å². The van der Waals surface area contributed by atoms with Gasteiger partial charge in [0.2, 0.25) is 11.8 Å². The molecule has 2 rings (SSSR count). The maximum atomic E-state index is 12.5. The van der Waals surface area contributed by atoms with Gasteiger partial charge in [-0.1, -0.05) is 51.3 Å². The topological polar surface area (TPSA) is 49.4 Å². The molecule has 1 aliphatic rings. The number of hydrogen-bond donors (Lipinski definition) is 1. The van der Waals surface area contributed by atoms with Gasteiger partial charge < -0.3 is 10.2 Å². The van der Waals surface area contributed by atoms with Crippen molar-refractivity contribution in [2.45, 2.75) is 52.9 Å². The second kappa shape index (κ2) is 8.86. The maximum Gasteiger partial charge on any atom is 0.227 e. The molecule has 1 aromatic rings. The van der Waals surface area contributed by atoms with Crippen molar-refractivity contribution in [3.05, 3.63) is 29.8 Å². The van der Waals surface area contributed by atoms with Crippen molar-refractivity contribution < 1.29 is 9.59 Å². The van der Waals surface area contributed by atoms with Gasteiger partial charge in [0, 0.05) is 25.2 Å². The van der Waals surface area contributed by atoms with Gasteiger partial charge in [-0.05, 0) is 30.9 Å². The van der Waals surface area contributed by atoms with E-state index >= 15 is 0 Å². The van der Waals surface area contributed by atoms with Gasteiger partial charge in [-0.3, -0.25) is 9.59 Å². The van der Waals surface area contributed by atoms with E-state index in [1.54, 1.807) is 4.90 Å². The highest BCUT2D eigenvalue weighted by Crippen LogP contribution is 2.27. The summed E-state index contributed by atoms with van der Waals surface area (Å²) in [5.41, 5.74) is 1.99. The van der Waals surface area contributed by atoms with Crippen LogP contribution in [0.5, 0.6) is 0 Å². The monoisotopic (exact) mass is 330 g/mol. The van der Waals surface area contributed by atoms with E-state index in [1.807, 2.05) is 31.2 Å². The first-order valence-corrected chi connectivity index (χ1v) is 9.20. The highest BCUT2D eigenvalue weighted by atomic mass is 16.2. The molecule has 0 spiro atoms. The lowest BCUT2D eigenvalue weighted by Gasteiger charge is -2.19. The number of rotatable bonds is 8. The van der Waals surface area contributed by atoms with Crippen LogP contribution in [0.3, 0.4) is 0 Å². The summed E-state index contributed by atoms with van der Waals surface area (Å²) in [5, 5.41) is 3.07. The molecule has 1 aromatic carbocycles. The SMILES string of the molecule is CCCC[C@@H](CC)CNC(=O)[C@@H]1CC(=O)N(c2ccccc2C)C1. The number of carbonyl (C=O) groups is 2. The van der Waals surface area contributed by atoms with E-state index in [4.69, 9.17) is 0 Å². The van der Waals surface area contributed by atoms with Crippen molar-refractivity contribution in [2.75, 3.05) is 18.0 Å². The Balaban J connectivity index is 1.90. The summed E-state index contributed by atoms with van der Waals surface area (Å²) in [7, 11) is 0. The normalized spacial score (nSPS) is 18.7. The molecule has 2 atom stereocenters. The highest BCUT2D eigenvalue weighted by molar-refractivity contribution is 6.00. The second-order valence-electron chi connectivity index (χ2n) is 6.85. The minimum absolute atomic E-state index is 0.0226. The van der Waals surface area contributed by atoms with Crippen LogP contribution < -0.4 is 10.2 Å². The Hall–Kier alpha value is -1.84. The van der Waals surface area contributed by atoms with E-state index in [9.17, 15) is 9.59 Å². The van der Waals surface area contributed by atoms with Crippen LogP contribution in [-0.4, -0.2) is 24.9 Å². The first kappa shape index (κ1) is 18.5. The van der Waals surface area contributed by atoms with Crippen LogP contribution >= 0.6 is 0 Å². The third-order valence-corrected chi connectivity index (χ3v) is 5.01. The van der Waals surface area contributed by atoms with Gasteiger partial charge >= 0.3 is 0 Å². The van der Waals surface area contributed by atoms with Gasteiger partial charge in [0.1, 0.15) is 0 Å². The second-order valence-corrected chi connectivity index (χ2v) is 6.85.